The number of rotatable bonds is 50. The first-order chi connectivity index (χ1) is 28.9. The van der Waals surface area contributed by atoms with Crippen LogP contribution in [0, 0.1) is 0 Å². The number of carbonyl (C=O) groups is 1. The number of hydrogen-bond acceptors (Lipinski definition) is 6. The molecule has 0 aliphatic heterocycles. The van der Waals surface area contributed by atoms with Crippen molar-refractivity contribution in [3.05, 3.63) is 0 Å². The van der Waals surface area contributed by atoms with Crippen molar-refractivity contribution in [3.63, 3.8) is 0 Å². The van der Waals surface area contributed by atoms with Gasteiger partial charge in [-0.05, 0) is 12.8 Å². The zero-order chi connectivity index (χ0) is 43.2. The predicted molar refractivity (Wildman–Crippen MR) is 254 cm³/mol. The van der Waals surface area contributed by atoms with Crippen LogP contribution in [0.2, 0.25) is 0 Å². The van der Waals surface area contributed by atoms with E-state index in [-0.39, 0.29) is 25.7 Å². The molecule has 0 bridgehead atoms. The normalized spacial score (nSPS) is 13.8. The Morgan fingerprint density at radius 3 is 1.08 bits per heavy atom. The van der Waals surface area contributed by atoms with Gasteiger partial charge in [-0.1, -0.05) is 264 Å². The Morgan fingerprint density at radius 2 is 0.780 bits per heavy atom. The van der Waals surface area contributed by atoms with Crippen molar-refractivity contribution in [2.45, 2.75) is 296 Å². The monoisotopic (exact) mass is 859 g/mol. The third-order valence-corrected chi connectivity index (χ3v) is 13.2. The molecule has 0 radical (unpaired) electrons. The number of phosphoric acid groups is 1. The quantitative estimate of drug-likeness (QED) is 0.0354. The molecule has 0 rings (SSSR count). The standard InChI is InChI=1S/C50H103N2O6P/c1-3-5-7-9-11-13-15-17-19-20-21-22-23-24-25-26-27-28-29-30-32-34-36-38-40-42-44-50(54)52-48(47-58-59(55,56)57-46-45-51)49(53)43-41-39-37-35-33-31-18-16-14-12-10-8-6-4-2/h48-49,53H,3-47,51H2,1-2H3,(H,52,54)(H,55,56)/t48-,49+/m0/s1. The average molecular weight is 859 g/mol. The summed E-state index contributed by atoms with van der Waals surface area (Å²) in [4.78, 5) is 22.8. The molecule has 1 unspecified atom stereocenters. The molecule has 0 aromatic carbocycles. The molecule has 0 spiro atoms. The van der Waals surface area contributed by atoms with E-state index in [0.29, 0.717) is 12.8 Å². The molecule has 0 heterocycles. The fourth-order valence-electron chi connectivity index (χ4n) is 8.26. The van der Waals surface area contributed by atoms with Crippen molar-refractivity contribution in [1.82, 2.24) is 5.32 Å². The molecule has 1 amide bonds. The zero-order valence-electron chi connectivity index (χ0n) is 39.5. The largest absolute Gasteiger partial charge is 0.472 e. The fourth-order valence-corrected chi connectivity index (χ4v) is 9.02. The van der Waals surface area contributed by atoms with Crippen LogP contribution >= 0.6 is 7.82 Å². The molecule has 0 fully saturated rings. The maximum atomic E-state index is 12.8. The molecular weight excluding hydrogens is 756 g/mol. The number of unbranched alkanes of at least 4 members (excludes halogenated alkanes) is 38. The second-order valence-corrected chi connectivity index (χ2v) is 19.6. The summed E-state index contributed by atoms with van der Waals surface area (Å²) in [6, 6.07) is -0.768. The molecule has 0 saturated heterocycles. The van der Waals surface area contributed by atoms with E-state index in [1.807, 2.05) is 0 Å². The van der Waals surface area contributed by atoms with Gasteiger partial charge in [0.25, 0.3) is 0 Å². The van der Waals surface area contributed by atoms with E-state index in [4.69, 9.17) is 14.8 Å². The van der Waals surface area contributed by atoms with Crippen LogP contribution < -0.4 is 11.1 Å². The highest BCUT2D eigenvalue weighted by Crippen LogP contribution is 2.43. The zero-order valence-corrected chi connectivity index (χ0v) is 40.4. The van der Waals surface area contributed by atoms with E-state index in [9.17, 15) is 19.4 Å². The van der Waals surface area contributed by atoms with Gasteiger partial charge in [-0.3, -0.25) is 13.8 Å². The van der Waals surface area contributed by atoms with Gasteiger partial charge in [0.05, 0.1) is 25.4 Å². The molecule has 59 heavy (non-hydrogen) atoms. The van der Waals surface area contributed by atoms with Crippen LogP contribution in [0.5, 0.6) is 0 Å². The number of aliphatic hydroxyl groups is 1. The summed E-state index contributed by atoms with van der Waals surface area (Å²) in [6.07, 6.45) is 52.8. The number of aliphatic hydroxyl groups excluding tert-OH is 1. The van der Waals surface area contributed by atoms with E-state index >= 15 is 0 Å². The second-order valence-electron chi connectivity index (χ2n) is 18.1. The van der Waals surface area contributed by atoms with Crippen LogP contribution in [-0.4, -0.2) is 47.8 Å². The highest BCUT2D eigenvalue weighted by molar-refractivity contribution is 7.47. The maximum absolute atomic E-state index is 12.8. The van der Waals surface area contributed by atoms with Crippen LogP contribution in [0.3, 0.4) is 0 Å². The van der Waals surface area contributed by atoms with Crippen LogP contribution in [0.4, 0.5) is 0 Å². The summed E-state index contributed by atoms with van der Waals surface area (Å²) in [7, 11) is -4.31. The van der Waals surface area contributed by atoms with Gasteiger partial charge in [-0.2, -0.15) is 0 Å². The second kappa shape index (κ2) is 47.0. The van der Waals surface area contributed by atoms with Gasteiger partial charge < -0.3 is 21.1 Å². The Bertz CT molecular complexity index is 895. The van der Waals surface area contributed by atoms with Crippen molar-refractivity contribution in [2.75, 3.05) is 19.8 Å². The van der Waals surface area contributed by atoms with Crippen LogP contribution in [-0.2, 0) is 18.4 Å². The predicted octanol–water partition coefficient (Wildman–Crippen LogP) is 15.3. The first kappa shape index (κ1) is 58.5. The number of nitrogens with one attached hydrogen (secondary N) is 1. The minimum atomic E-state index is -4.31. The third kappa shape index (κ3) is 45.3. The van der Waals surface area contributed by atoms with E-state index < -0.39 is 20.0 Å². The van der Waals surface area contributed by atoms with Crippen molar-refractivity contribution < 1.29 is 28.4 Å². The minimum absolute atomic E-state index is 0.0927. The highest BCUT2D eigenvalue weighted by Gasteiger charge is 2.27. The summed E-state index contributed by atoms with van der Waals surface area (Å²) in [6.45, 7) is 4.26. The van der Waals surface area contributed by atoms with Crippen LogP contribution in [0.15, 0.2) is 0 Å². The number of nitrogens with two attached hydrogens (primary N) is 1. The average Bonchev–Trinajstić information content (AvgIpc) is 3.22. The Morgan fingerprint density at radius 1 is 0.492 bits per heavy atom. The minimum Gasteiger partial charge on any atom is -0.391 e. The lowest BCUT2D eigenvalue weighted by Gasteiger charge is -2.25. The molecule has 0 aliphatic carbocycles. The molecule has 354 valence electrons. The molecule has 0 saturated carbocycles. The maximum Gasteiger partial charge on any atom is 0.472 e. The molecule has 5 N–H and O–H groups in total. The molecule has 0 aromatic rings. The lowest BCUT2D eigenvalue weighted by Crippen LogP contribution is -2.46. The van der Waals surface area contributed by atoms with Crippen LogP contribution in [0.1, 0.15) is 284 Å². The summed E-state index contributed by atoms with van der Waals surface area (Å²) in [5, 5.41) is 13.9. The Balaban J connectivity index is 3.91. The SMILES string of the molecule is CCCCCCCCCCCCCCCCCCCCCCCCCCCCC(=O)N[C@@H](COP(=O)(O)OCCN)[C@H](O)CCCCCCCCCCCCCCCC. The van der Waals surface area contributed by atoms with Crippen molar-refractivity contribution in [2.24, 2.45) is 5.73 Å². The van der Waals surface area contributed by atoms with Crippen molar-refractivity contribution >= 4 is 13.7 Å². The first-order valence-corrected chi connectivity index (χ1v) is 27.6. The third-order valence-electron chi connectivity index (χ3n) is 12.2. The number of hydrogen-bond donors (Lipinski definition) is 4. The van der Waals surface area contributed by atoms with Gasteiger partial charge in [-0.15, -0.1) is 0 Å². The van der Waals surface area contributed by atoms with E-state index in [0.717, 1.165) is 38.5 Å². The molecular formula is C50H103N2O6P. The topological polar surface area (TPSA) is 131 Å². The van der Waals surface area contributed by atoms with E-state index in [1.54, 1.807) is 0 Å². The molecule has 9 heteroatoms. The van der Waals surface area contributed by atoms with Gasteiger partial charge >= 0.3 is 7.82 Å². The van der Waals surface area contributed by atoms with Gasteiger partial charge in [0, 0.05) is 13.0 Å². The smallest absolute Gasteiger partial charge is 0.391 e. The Hall–Kier alpha value is -0.500. The van der Waals surface area contributed by atoms with Gasteiger partial charge in [0.1, 0.15) is 0 Å². The number of amides is 1. The Kier molecular flexibility index (Phi) is 46.6. The van der Waals surface area contributed by atoms with Crippen molar-refractivity contribution in [1.29, 1.82) is 0 Å². The van der Waals surface area contributed by atoms with Gasteiger partial charge in [0.15, 0.2) is 0 Å². The highest BCUT2D eigenvalue weighted by atomic mass is 31.2. The molecule has 8 nitrogen and oxygen atoms in total. The fraction of sp³-hybridized carbons (Fsp3) is 0.980. The van der Waals surface area contributed by atoms with Crippen LogP contribution in [0.25, 0.3) is 0 Å². The van der Waals surface area contributed by atoms with Gasteiger partial charge in [0.2, 0.25) is 5.91 Å². The summed E-state index contributed by atoms with van der Waals surface area (Å²) in [5.41, 5.74) is 5.40. The van der Waals surface area contributed by atoms with E-state index in [1.165, 1.54) is 218 Å². The summed E-state index contributed by atoms with van der Waals surface area (Å²) >= 11 is 0. The lowest BCUT2D eigenvalue weighted by atomic mass is 10.0. The summed E-state index contributed by atoms with van der Waals surface area (Å²) in [5.74, 6) is -0.154. The first-order valence-electron chi connectivity index (χ1n) is 26.2. The Labute approximate surface area is 367 Å². The number of phosphoric ester groups is 1. The number of carbonyl (C=O) groups excluding carboxylic acids is 1. The lowest BCUT2D eigenvalue weighted by molar-refractivity contribution is -0.123. The molecule has 0 aromatic heterocycles. The molecule has 3 atom stereocenters. The van der Waals surface area contributed by atoms with Crippen molar-refractivity contribution in [3.8, 4) is 0 Å². The molecule has 0 aliphatic rings. The van der Waals surface area contributed by atoms with E-state index in [2.05, 4.69) is 19.2 Å². The summed E-state index contributed by atoms with van der Waals surface area (Å²) < 4.78 is 22.3. The van der Waals surface area contributed by atoms with Gasteiger partial charge in [-0.25, -0.2) is 4.57 Å².